The van der Waals surface area contributed by atoms with Crippen molar-refractivity contribution in [2.75, 3.05) is 38.3 Å². The standard InChI is InChI=1S/C21H26N4O4/c1-28-14-16-12-20(27)25(21(22-16)24-8-10-29-11-9-24)13-19(26)23-18-7-6-15-4-2-3-5-17(15)18/h2-5,12,18H,6-11,13-14H2,1H3,(H,23,26)/t18-/m1/s1. The maximum absolute atomic E-state index is 12.8. The molecule has 154 valence electrons. The minimum absolute atomic E-state index is 0.0121. The number of fused-ring (bicyclic) bond motifs is 1. The van der Waals surface area contributed by atoms with E-state index in [0.29, 0.717) is 37.9 Å². The van der Waals surface area contributed by atoms with E-state index in [1.807, 2.05) is 17.0 Å². The molecule has 0 saturated carbocycles. The molecule has 1 amide bonds. The van der Waals surface area contributed by atoms with Crippen LogP contribution < -0.4 is 15.8 Å². The van der Waals surface area contributed by atoms with Crippen LogP contribution in [0.1, 0.15) is 29.3 Å². The highest BCUT2D eigenvalue weighted by Crippen LogP contribution is 2.30. The van der Waals surface area contributed by atoms with Gasteiger partial charge >= 0.3 is 0 Å². The largest absolute Gasteiger partial charge is 0.378 e. The van der Waals surface area contributed by atoms with Gasteiger partial charge in [0.2, 0.25) is 11.9 Å². The molecule has 1 fully saturated rings. The second-order valence-electron chi connectivity index (χ2n) is 7.36. The highest BCUT2D eigenvalue weighted by atomic mass is 16.5. The summed E-state index contributed by atoms with van der Waals surface area (Å²) in [6, 6.07) is 9.58. The Labute approximate surface area is 169 Å². The summed E-state index contributed by atoms with van der Waals surface area (Å²) in [6.45, 7) is 2.56. The quantitative estimate of drug-likeness (QED) is 0.782. The van der Waals surface area contributed by atoms with Crippen molar-refractivity contribution >= 4 is 11.9 Å². The monoisotopic (exact) mass is 398 g/mol. The van der Waals surface area contributed by atoms with Crippen LogP contribution in [0.5, 0.6) is 0 Å². The molecule has 0 spiro atoms. The second-order valence-corrected chi connectivity index (χ2v) is 7.36. The molecule has 2 heterocycles. The molecule has 2 aliphatic rings. The van der Waals surface area contributed by atoms with Crippen molar-refractivity contribution in [1.82, 2.24) is 14.9 Å². The summed E-state index contributed by atoms with van der Waals surface area (Å²) in [5.41, 5.74) is 2.74. The van der Waals surface area contributed by atoms with E-state index in [9.17, 15) is 9.59 Å². The van der Waals surface area contributed by atoms with Gasteiger partial charge in [0.25, 0.3) is 5.56 Å². The molecule has 29 heavy (non-hydrogen) atoms. The van der Waals surface area contributed by atoms with Crippen LogP contribution >= 0.6 is 0 Å². The van der Waals surface area contributed by atoms with Crippen LogP contribution in [-0.4, -0.2) is 48.9 Å². The summed E-state index contributed by atoms with van der Waals surface area (Å²) < 4.78 is 12.0. The lowest BCUT2D eigenvalue weighted by atomic mass is 10.1. The number of benzene rings is 1. The molecule has 1 aromatic heterocycles. The van der Waals surface area contributed by atoms with Crippen molar-refractivity contribution in [2.24, 2.45) is 0 Å². The first kappa shape index (κ1) is 19.6. The van der Waals surface area contributed by atoms with E-state index in [1.165, 1.54) is 16.2 Å². The maximum atomic E-state index is 12.8. The number of morpholine rings is 1. The number of aromatic nitrogens is 2. The number of carbonyl (C=O) groups excluding carboxylic acids is 1. The number of amides is 1. The third kappa shape index (κ3) is 4.33. The highest BCUT2D eigenvalue weighted by molar-refractivity contribution is 5.77. The van der Waals surface area contributed by atoms with E-state index in [2.05, 4.69) is 22.4 Å². The number of methoxy groups -OCH3 is 1. The van der Waals surface area contributed by atoms with Crippen molar-refractivity contribution in [3.63, 3.8) is 0 Å². The number of anilines is 1. The summed E-state index contributed by atoms with van der Waals surface area (Å²) in [5, 5.41) is 3.09. The molecule has 8 nitrogen and oxygen atoms in total. The molecule has 0 radical (unpaired) electrons. The molecule has 1 N–H and O–H groups in total. The van der Waals surface area contributed by atoms with Crippen LogP contribution in [0.25, 0.3) is 0 Å². The molecule has 0 bridgehead atoms. The molecule has 1 aliphatic heterocycles. The molecule has 1 atom stereocenters. The van der Waals surface area contributed by atoms with Gasteiger partial charge in [0.15, 0.2) is 0 Å². The van der Waals surface area contributed by atoms with Gasteiger partial charge in [-0.3, -0.25) is 14.2 Å². The first-order valence-corrected chi connectivity index (χ1v) is 9.95. The van der Waals surface area contributed by atoms with Crippen LogP contribution in [0.4, 0.5) is 5.95 Å². The first-order chi connectivity index (χ1) is 14.2. The molecule has 8 heteroatoms. The Kier molecular flexibility index (Phi) is 5.92. The number of aryl methyl sites for hydroxylation is 1. The fraction of sp³-hybridized carbons (Fsp3) is 0.476. The van der Waals surface area contributed by atoms with Crippen molar-refractivity contribution in [1.29, 1.82) is 0 Å². The fourth-order valence-electron chi connectivity index (χ4n) is 4.01. The number of nitrogens with one attached hydrogen (secondary N) is 1. The zero-order valence-electron chi connectivity index (χ0n) is 16.6. The van der Waals surface area contributed by atoms with Crippen LogP contribution in [0, 0.1) is 0 Å². The van der Waals surface area contributed by atoms with Crippen LogP contribution in [0.2, 0.25) is 0 Å². The first-order valence-electron chi connectivity index (χ1n) is 9.95. The summed E-state index contributed by atoms with van der Waals surface area (Å²) in [4.78, 5) is 32.2. The van der Waals surface area contributed by atoms with Crippen molar-refractivity contribution < 1.29 is 14.3 Å². The van der Waals surface area contributed by atoms with Crippen LogP contribution in [0.15, 0.2) is 35.1 Å². The molecule has 4 rings (SSSR count). The number of hydrogen-bond donors (Lipinski definition) is 1. The molecule has 2 aromatic rings. The van der Waals surface area contributed by atoms with Gasteiger partial charge in [0, 0.05) is 26.3 Å². The van der Waals surface area contributed by atoms with Gasteiger partial charge in [0.1, 0.15) is 6.54 Å². The SMILES string of the molecule is COCc1cc(=O)n(CC(=O)N[C@@H]2CCc3ccccc32)c(N2CCOCC2)n1. The van der Waals surface area contributed by atoms with Gasteiger partial charge in [-0.15, -0.1) is 0 Å². The van der Waals surface area contributed by atoms with Gasteiger partial charge in [0.05, 0.1) is 31.6 Å². The Hall–Kier alpha value is -2.71. The molecular formula is C21H26N4O4. The molecule has 1 saturated heterocycles. The highest BCUT2D eigenvalue weighted by Gasteiger charge is 2.25. The molecule has 1 aliphatic carbocycles. The van der Waals surface area contributed by atoms with E-state index in [0.717, 1.165) is 18.4 Å². The Balaban J connectivity index is 1.55. The minimum atomic E-state index is -0.254. The van der Waals surface area contributed by atoms with Gasteiger partial charge in [-0.2, -0.15) is 0 Å². The van der Waals surface area contributed by atoms with Crippen LogP contribution in [-0.2, 0) is 33.8 Å². The predicted molar refractivity (Wildman–Crippen MR) is 108 cm³/mol. The third-order valence-electron chi connectivity index (χ3n) is 5.40. The lowest BCUT2D eigenvalue weighted by molar-refractivity contribution is -0.122. The summed E-state index contributed by atoms with van der Waals surface area (Å²) in [5.74, 6) is 0.305. The van der Waals surface area contributed by atoms with E-state index >= 15 is 0 Å². The number of rotatable bonds is 6. The smallest absolute Gasteiger partial charge is 0.255 e. The topological polar surface area (TPSA) is 85.7 Å². The van der Waals surface area contributed by atoms with E-state index in [1.54, 1.807) is 7.11 Å². The number of hydrogen-bond acceptors (Lipinski definition) is 6. The molecule has 1 aromatic carbocycles. The summed E-state index contributed by atoms with van der Waals surface area (Å²) >= 11 is 0. The van der Waals surface area contributed by atoms with Crippen molar-refractivity contribution in [3.8, 4) is 0 Å². The normalized spacial score (nSPS) is 18.5. The Morgan fingerprint density at radius 2 is 2.10 bits per heavy atom. The molecule has 0 unspecified atom stereocenters. The van der Waals surface area contributed by atoms with E-state index in [4.69, 9.17) is 9.47 Å². The summed E-state index contributed by atoms with van der Waals surface area (Å²) in [7, 11) is 1.56. The zero-order chi connectivity index (χ0) is 20.2. The van der Waals surface area contributed by atoms with Gasteiger partial charge < -0.3 is 19.7 Å². The third-order valence-corrected chi connectivity index (χ3v) is 5.40. The zero-order valence-corrected chi connectivity index (χ0v) is 16.6. The number of nitrogens with zero attached hydrogens (tertiary/aromatic N) is 3. The lowest BCUT2D eigenvalue weighted by Gasteiger charge is -2.30. The second kappa shape index (κ2) is 8.75. The van der Waals surface area contributed by atoms with Gasteiger partial charge in [-0.05, 0) is 24.0 Å². The van der Waals surface area contributed by atoms with E-state index < -0.39 is 0 Å². The predicted octanol–water partition coefficient (Wildman–Crippen LogP) is 1.03. The Bertz CT molecular complexity index is 937. The number of ether oxygens (including phenoxy) is 2. The Morgan fingerprint density at radius 3 is 2.90 bits per heavy atom. The van der Waals surface area contributed by atoms with Crippen molar-refractivity contribution in [3.05, 3.63) is 57.5 Å². The summed E-state index contributed by atoms with van der Waals surface area (Å²) in [6.07, 6.45) is 1.83. The van der Waals surface area contributed by atoms with Gasteiger partial charge in [-0.1, -0.05) is 24.3 Å². The average molecular weight is 398 g/mol. The van der Waals surface area contributed by atoms with E-state index in [-0.39, 0.29) is 30.7 Å². The fourth-order valence-corrected chi connectivity index (χ4v) is 4.01. The minimum Gasteiger partial charge on any atom is -0.378 e. The lowest BCUT2D eigenvalue weighted by Crippen LogP contribution is -2.42. The average Bonchev–Trinajstić information content (AvgIpc) is 3.13. The van der Waals surface area contributed by atoms with Crippen molar-refractivity contribution in [2.45, 2.75) is 32.0 Å². The number of carbonyl (C=O) groups is 1. The van der Waals surface area contributed by atoms with Crippen LogP contribution in [0.3, 0.4) is 0 Å². The maximum Gasteiger partial charge on any atom is 0.255 e. The molecular weight excluding hydrogens is 372 g/mol. The Morgan fingerprint density at radius 1 is 1.31 bits per heavy atom. The van der Waals surface area contributed by atoms with Gasteiger partial charge in [-0.25, -0.2) is 4.98 Å².